The van der Waals surface area contributed by atoms with Crippen LogP contribution in [0.25, 0.3) is 0 Å². The van der Waals surface area contributed by atoms with Crippen LogP contribution in [-0.4, -0.2) is 43.9 Å². The third kappa shape index (κ3) is 5.36. The number of ether oxygens (including phenoxy) is 2. The third-order valence-corrected chi connectivity index (χ3v) is 7.26. The SMILES string of the molecule is COC(=O)c1c(N[C@](NC(=O)c2ccc(Cl)cc2Cl)(C(=O)OC)C(F)(F)F)sc2c1CCCCC2. The summed E-state index contributed by atoms with van der Waals surface area (Å²) < 4.78 is 52.9. The fourth-order valence-corrected chi connectivity index (χ4v) is 5.60. The highest BCUT2D eigenvalue weighted by Crippen LogP contribution is 2.42. The summed E-state index contributed by atoms with van der Waals surface area (Å²) in [5, 5.41) is 3.45. The third-order valence-electron chi connectivity index (χ3n) is 5.51. The van der Waals surface area contributed by atoms with Gasteiger partial charge in [0.25, 0.3) is 5.91 Å². The first kappa shape index (κ1) is 27.1. The minimum absolute atomic E-state index is 0.106. The van der Waals surface area contributed by atoms with Crippen LogP contribution in [0.15, 0.2) is 18.2 Å². The second kappa shape index (κ2) is 10.6. The zero-order valence-electron chi connectivity index (χ0n) is 18.6. The number of methoxy groups -OCH3 is 2. The Labute approximate surface area is 212 Å². The number of fused-ring (bicyclic) bond motifs is 1. The van der Waals surface area contributed by atoms with Gasteiger partial charge in [0.2, 0.25) is 0 Å². The smallest absolute Gasteiger partial charge is 0.441 e. The summed E-state index contributed by atoms with van der Waals surface area (Å²) in [5.41, 5.74) is -3.64. The van der Waals surface area contributed by atoms with Crippen LogP contribution in [0.1, 0.15) is 50.4 Å². The standard InChI is InChI=1S/C22H21Cl2F3N2O5S/c1-33-19(31)16-13-6-4-3-5-7-15(13)35-18(16)29-21(20(32)34-2,22(25,26)27)28-17(30)12-9-8-11(23)10-14(12)24/h8-10,29H,3-7H2,1-2H3,(H,28,30)/t21-/m1/s1. The van der Waals surface area contributed by atoms with E-state index in [0.717, 1.165) is 50.9 Å². The molecule has 2 aromatic rings. The Kier molecular flexibility index (Phi) is 8.23. The van der Waals surface area contributed by atoms with E-state index in [1.165, 1.54) is 12.1 Å². The first-order valence-electron chi connectivity index (χ1n) is 10.4. The van der Waals surface area contributed by atoms with Crippen LogP contribution in [0.2, 0.25) is 10.0 Å². The van der Waals surface area contributed by atoms with E-state index >= 15 is 0 Å². The lowest BCUT2D eigenvalue weighted by molar-refractivity contribution is -0.203. The number of esters is 2. The van der Waals surface area contributed by atoms with E-state index in [9.17, 15) is 27.6 Å². The van der Waals surface area contributed by atoms with Crippen molar-refractivity contribution < 1.29 is 37.0 Å². The number of anilines is 1. The molecule has 0 spiro atoms. The van der Waals surface area contributed by atoms with Gasteiger partial charge >= 0.3 is 23.8 Å². The monoisotopic (exact) mass is 552 g/mol. The average molecular weight is 553 g/mol. The summed E-state index contributed by atoms with van der Waals surface area (Å²) in [5.74, 6) is -4.03. The van der Waals surface area contributed by atoms with Gasteiger partial charge in [-0.05, 0) is 49.4 Å². The molecular weight excluding hydrogens is 532 g/mol. The number of nitrogens with one attached hydrogen (secondary N) is 2. The van der Waals surface area contributed by atoms with Crippen LogP contribution in [0.3, 0.4) is 0 Å². The van der Waals surface area contributed by atoms with Crippen molar-refractivity contribution in [1.29, 1.82) is 0 Å². The van der Waals surface area contributed by atoms with Crippen LogP contribution in [-0.2, 0) is 27.1 Å². The maximum absolute atomic E-state index is 14.6. The molecule has 1 aromatic heterocycles. The first-order chi connectivity index (χ1) is 16.4. The molecule has 13 heteroatoms. The number of thiophene rings is 1. The number of rotatable bonds is 6. The van der Waals surface area contributed by atoms with Crippen molar-refractivity contribution in [2.24, 2.45) is 0 Å². The summed E-state index contributed by atoms with van der Waals surface area (Å²) in [6, 6.07) is 3.55. The second-order valence-electron chi connectivity index (χ2n) is 7.70. The van der Waals surface area contributed by atoms with Gasteiger partial charge in [0.1, 0.15) is 5.00 Å². The molecule has 0 bridgehead atoms. The molecule has 1 atom stereocenters. The number of alkyl halides is 3. The number of amides is 1. The molecule has 0 fully saturated rings. The first-order valence-corrected chi connectivity index (χ1v) is 12.0. The van der Waals surface area contributed by atoms with E-state index in [1.807, 2.05) is 0 Å². The molecule has 1 aromatic carbocycles. The van der Waals surface area contributed by atoms with Crippen LogP contribution in [0.4, 0.5) is 18.2 Å². The van der Waals surface area contributed by atoms with Crippen LogP contribution in [0.5, 0.6) is 0 Å². The second-order valence-corrected chi connectivity index (χ2v) is 9.65. The van der Waals surface area contributed by atoms with Gasteiger partial charge in [0.05, 0.1) is 30.4 Å². The zero-order valence-corrected chi connectivity index (χ0v) is 20.9. The van der Waals surface area contributed by atoms with E-state index in [1.54, 1.807) is 5.32 Å². The fraction of sp³-hybridized carbons (Fsp3) is 0.409. The predicted octanol–water partition coefficient (Wildman–Crippen LogP) is 5.38. The number of benzene rings is 1. The molecule has 0 saturated carbocycles. The molecule has 1 amide bonds. The molecule has 0 saturated heterocycles. The van der Waals surface area contributed by atoms with Crippen molar-refractivity contribution >= 4 is 57.4 Å². The number of aryl methyl sites for hydroxylation is 1. The van der Waals surface area contributed by atoms with Crippen LogP contribution < -0.4 is 10.6 Å². The van der Waals surface area contributed by atoms with Gasteiger partial charge in [-0.15, -0.1) is 11.3 Å². The molecule has 190 valence electrons. The zero-order chi connectivity index (χ0) is 26.0. The van der Waals surface area contributed by atoms with E-state index in [0.29, 0.717) is 23.3 Å². The number of halogens is 5. The minimum Gasteiger partial charge on any atom is -0.466 e. The number of hydrogen-bond donors (Lipinski definition) is 2. The number of hydrogen-bond acceptors (Lipinski definition) is 7. The Morgan fingerprint density at radius 1 is 1.03 bits per heavy atom. The van der Waals surface area contributed by atoms with Gasteiger partial charge in [-0.2, -0.15) is 13.2 Å². The molecule has 1 aliphatic rings. The highest BCUT2D eigenvalue weighted by atomic mass is 35.5. The highest BCUT2D eigenvalue weighted by molar-refractivity contribution is 7.16. The molecule has 0 radical (unpaired) electrons. The Bertz CT molecular complexity index is 1150. The van der Waals surface area contributed by atoms with E-state index in [-0.39, 0.29) is 26.2 Å². The number of carbonyl (C=O) groups is 3. The van der Waals surface area contributed by atoms with Crippen molar-refractivity contribution in [3.05, 3.63) is 49.8 Å². The predicted molar refractivity (Wildman–Crippen MR) is 125 cm³/mol. The van der Waals surface area contributed by atoms with Crippen molar-refractivity contribution in [1.82, 2.24) is 5.32 Å². The Morgan fingerprint density at radius 2 is 1.71 bits per heavy atom. The van der Waals surface area contributed by atoms with Gasteiger partial charge < -0.3 is 20.1 Å². The normalized spacial score (nSPS) is 15.3. The summed E-state index contributed by atoms with van der Waals surface area (Å²) in [4.78, 5) is 38.9. The molecular formula is C22H21Cl2F3N2O5S. The lowest BCUT2D eigenvalue weighted by Gasteiger charge is -2.34. The average Bonchev–Trinajstić information content (AvgIpc) is 2.96. The van der Waals surface area contributed by atoms with Crippen molar-refractivity contribution in [2.75, 3.05) is 19.5 Å². The molecule has 0 aliphatic heterocycles. The van der Waals surface area contributed by atoms with Gasteiger partial charge in [0.15, 0.2) is 0 Å². The molecule has 35 heavy (non-hydrogen) atoms. The Hall–Kier alpha value is -2.50. The Balaban J connectivity index is 2.15. The molecule has 3 rings (SSSR count). The van der Waals surface area contributed by atoms with Crippen LogP contribution in [0, 0.1) is 0 Å². The molecule has 1 aliphatic carbocycles. The topological polar surface area (TPSA) is 93.7 Å². The van der Waals surface area contributed by atoms with Gasteiger partial charge in [-0.3, -0.25) is 4.79 Å². The van der Waals surface area contributed by atoms with Crippen LogP contribution >= 0.6 is 34.5 Å². The lowest BCUT2D eigenvalue weighted by Crippen LogP contribution is -2.69. The molecule has 7 nitrogen and oxygen atoms in total. The fourth-order valence-electron chi connectivity index (χ4n) is 3.77. The van der Waals surface area contributed by atoms with Crippen molar-refractivity contribution in [2.45, 2.75) is 43.9 Å². The largest absolute Gasteiger partial charge is 0.466 e. The van der Waals surface area contributed by atoms with Gasteiger partial charge in [0, 0.05) is 9.90 Å². The molecule has 1 heterocycles. The maximum Gasteiger partial charge on any atom is 0.441 e. The molecule has 2 N–H and O–H groups in total. The summed E-state index contributed by atoms with van der Waals surface area (Å²) in [6.07, 6.45) is -1.96. The maximum atomic E-state index is 14.6. The van der Waals surface area contributed by atoms with E-state index in [4.69, 9.17) is 27.9 Å². The van der Waals surface area contributed by atoms with Gasteiger partial charge in [-0.25, -0.2) is 9.59 Å². The summed E-state index contributed by atoms with van der Waals surface area (Å²) >= 11 is 12.7. The highest BCUT2D eigenvalue weighted by Gasteiger charge is 2.64. The number of carbonyl (C=O) groups excluding carboxylic acids is 3. The summed E-state index contributed by atoms with van der Waals surface area (Å²) in [7, 11) is 1.85. The van der Waals surface area contributed by atoms with Crippen molar-refractivity contribution in [3.8, 4) is 0 Å². The van der Waals surface area contributed by atoms with E-state index in [2.05, 4.69) is 10.1 Å². The van der Waals surface area contributed by atoms with Gasteiger partial charge in [-0.1, -0.05) is 29.6 Å². The lowest BCUT2D eigenvalue weighted by atomic mass is 10.0. The van der Waals surface area contributed by atoms with E-state index < -0.39 is 29.7 Å². The quantitative estimate of drug-likeness (QED) is 0.283. The Morgan fingerprint density at radius 3 is 2.31 bits per heavy atom. The minimum atomic E-state index is -5.40. The summed E-state index contributed by atoms with van der Waals surface area (Å²) in [6.45, 7) is 0. The molecule has 0 unspecified atom stereocenters. The van der Waals surface area contributed by atoms with Crippen molar-refractivity contribution in [3.63, 3.8) is 0 Å².